The Morgan fingerprint density at radius 1 is 1.24 bits per heavy atom. The first-order chi connectivity index (χ1) is 11.8. The number of hydrogen-bond acceptors (Lipinski definition) is 4. The van der Waals surface area contributed by atoms with Gasteiger partial charge < -0.3 is 10.1 Å². The molecular weight excluding hydrogens is 343 g/mol. The summed E-state index contributed by atoms with van der Waals surface area (Å²) >= 11 is 0. The summed E-state index contributed by atoms with van der Waals surface area (Å²) in [7, 11) is 0. The number of nitrogens with one attached hydrogen (secondary N) is 2. The Balaban J connectivity index is 1.89. The summed E-state index contributed by atoms with van der Waals surface area (Å²) in [5.41, 5.74) is -0.745. The van der Waals surface area contributed by atoms with Crippen molar-refractivity contribution < 1.29 is 22.7 Å². The first kappa shape index (κ1) is 18.7. The maximum atomic E-state index is 11.9. The minimum atomic E-state index is -4.41. The number of amides is 1. The molecule has 2 rings (SSSR count). The molecule has 0 saturated heterocycles. The molecule has 0 unspecified atom stereocenters. The number of alkyl halides is 3. The van der Waals surface area contributed by atoms with Gasteiger partial charge in [0.1, 0.15) is 6.61 Å². The van der Waals surface area contributed by atoms with E-state index < -0.39 is 29.9 Å². The Morgan fingerprint density at radius 2 is 1.96 bits per heavy atom. The number of para-hydroxylation sites is 1. The summed E-state index contributed by atoms with van der Waals surface area (Å²) in [6, 6.07) is 6.47. The first-order valence-corrected chi connectivity index (χ1v) is 7.41. The number of hydrogen-bond donors (Lipinski definition) is 2. The molecule has 1 amide bonds. The van der Waals surface area contributed by atoms with Gasteiger partial charge in [-0.3, -0.25) is 19.1 Å². The second kappa shape index (κ2) is 7.97. The fourth-order valence-electron chi connectivity index (χ4n) is 2.22. The zero-order valence-electron chi connectivity index (χ0n) is 13.1. The maximum absolute atomic E-state index is 11.9. The molecule has 7 nitrogen and oxygen atoms in total. The van der Waals surface area contributed by atoms with Crippen LogP contribution in [0.1, 0.15) is 6.42 Å². The van der Waals surface area contributed by atoms with E-state index in [2.05, 4.69) is 15.0 Å². The summed E-state index contributed by atoms with van der Waals surface area (Å²) in [6.45, 7) is -1.70. The van der Waals surface area contributed by atoms with Crippen LogP contribution in [0.15, 0.2) is 33.9 Å². The van der Waals surface area contributed by atoms with Gasteiger partial charge in [0.2, 0.25) is 5.91 Å². The number of aromatic amines is 1. The smallest absolute Gasteiger partial charge is 0.370 e. The van der Waals surface area contributed by atoms with E-state index >= 15 is 0 Å². The Labute approximate surface area is 139 Å². The Kier molecular flexibility index (Phi) is 5.97. The van der Waals surface area contributed by atoms with Gasteiger partial charge in [-0.25, -0.2) is 4.79 Å². The number of ether oxygens (including phenoxy) is 1. The van der Waals surface area contributed by atoms with Gasteiger partial charge >= 0.3 is 11.9 Å². The van der Waals surface area contributed by atoms with Crippen LogP contribution in [-0.4, -0.2) is 41.4 Å². The third kappa shape index (κ3) is 5.45. The number of halogens is 3. The van der Waals surface area contributed by atoms with E-state index in [0.717, 1.165) is 0 Å². The predicted octanol–water partition coefficient (Wildman–Crippen LogP) is 0.775. The molecule has 25 heavy (non-hydrogen) atoms. The molecule has 0 aliphatic rings. The lowest BCUT2D eigenvalue weighted by atomic mass is 10.2. The van der Waals surface area contributed by atoms with Crippen molar-refractivity contribution in [1.29, 1.82) is 0 Å². The van der Waals surface area contributed by atoms with Crippen LogP contribution in [0, 0.1) is 0 Å². The summed E-state index contributed by atoms with van der Waals surface area (Å²) in [5.74, 6) is -0.446. The van der Waals surface area contributed by atoms with E-state index in [-0.39, 0.29) is 26.1 Å². The van der Waals surface area contributed by atoms with Crippen LogP contribution in [0.2, 0.25) is 0 Å². The van der Waals surface area contributed by atoms with Crippen LogP contribution in [0.4, 0.5) is 13.2 Å². The highest BCUT2D eigenvalue weighted by Gasteiger charge is 2.27. The molecule has 0 radical (unpaired) electrons. The average molecular weight is 359 g/mol. The minimum absolute atomic E-state index is 0.0192. The van der Waals surface area contributed by atoms with Crippen LogP contribution in [0.3, 0.4) is 0 Å². The Bertz CT molecular complexity index is 857. The molecule has 1 heterocycles. The molecular formula is C15H16F3N3O4. The molecule has 0 bridgehead atoms. The minimum Gasteiger partial charge on any atom is -0.370 e. The highest BCUT2D eigenvalue weighted by Crippen LogP contribution is 2.13. The third-order valence-corrected chi connectivity index (χ3v) is 3.30. The van der Waals surface area contributed by atoms with Gasteiger partial charge in [-0.1, -0.05) is 12.1 Å². The molecule has 0 atom stereocenters. The predicted molar refractivity (Wildman–Crippen MR) is 83.3 cm³/mol. The van der Waals surface area contributed by atoms with E-state index in [1.165, 1.54) is 4.57 Å². The highest BCUT2D eigenvalue weighted by molar-refractivity contribution is 5.78. The molecule has 0 aliphatic heterocycles. The first-order valence-electron chi connectivity index (χ1n) is 7.41. The molecule has 0 spiro atoms. The van der Waals surface area contributed by atoms with E-state index in [4.69, 9.17) is 0 Å². The van der Waals surface area contributed by atoms with Gasteiger partial charge in [-0.15, -0.1) is 0 Å². The molecule has 2 N–H and O–H groups in total. The standard InChI is InChI=1S/C15H16F3N3O4/c16-15(17,18)9-25-8-6-19-12(22)5-7-21-11-4-2-1-3-10(11)13(23)20-14(21)24/h1-4H,5-9H2,(H,19,22)(H,20,23,24). The maximum Gasteiger partial charge on any atom is 0.411 e. The number of H-pyrrole nitrogens is 1. The zero-order valence-corrected chi connectivity index (χ0v) is 13.1. The van der Waals surface area contributed by atoms with Crippen molar-refractivity contribution >= 4 is 16.8 Å². The zero-order chi connectivity index (χ0) is 18.4. The normalized spacial score (nSPS) is 11.6. The molecule has 136 valence electrons. The number of carbonyl (C=O) groups is 1. The van der Waals surface area contributed by atoms with Gasteiger partial charge in [-0.2, -0.15) is 13.2 Å². The van der Waals surface area contributed by atoms with Gasteiger partial charge in [0.05, 0.1) is 17.5 Å². The summed E-state index contributed by atoms with van der Waals surface area (Å²) < 4.78 is 41.2. The highest BCUT2D eigenvalue weighted by atomic mass is 19.4. The van der Waals surface area contributed by atoms with Crippen molar-refractivity contribution in [3.05, 3.63) is 45.1 Å². The number of aromatic nitrogens is 2. The number of nitrogens with zero attached hydrogens (tertiary/aromatic N) is 1. The fraction of sp³-hybridized carbons (Fsp3) is 0.400. The SMILES string of the molecule is O=C(CCn1c(=O)[nH]c(=O)c2ccccc21)NCCOCC(F)(F)F. The monoisotopic (exact) mass is 359 g/mol. The summed E-state index contributed by atoms with van der Waals surface area (Å²) in [5, 5.41) is 2.72. The van der Waals surface area contributed by atoms with E-state index in [9.17, 15) is 27.6 Å². The molecule has 1 aromatic carbocycles. The lowest BCUT2D eigenvalue weighted by molar-refractivity contribution is -0.173. The van der Waals surface area contributed by atoms with Crippen LogP contribution >= 0.6 is 0 Å². The van der Waals surface area contributed by atoms with Crippen molar-refractivity contribution in [2.24, 2.45) is 0 Å². The molecule has 10 heteroatoms. The average Bonchev–Trinajstić information content (AvgIpc) is 2.53. The van der Waals surface area contributed by atoms with E-state index in [1.54, 1.807) is 24.3 Å². The number of benzene rings is 1. The Hall–Kier alpha value is -2.62. The largest absolute Gasteiger partial charge is 0.411 e. The molecule has 0 aliphatic carbocycles. The number of aryl methyl sites for hydroxylation is 1. The Morgan fingerprint density at radius 3 is 2.68 bits per heavy atom. The molecule has 1 aromatic heterocycles. The van der Waals surface area contributed by atoms with Gasteiger partial charge in [-0.05, 0) is 12.1 Å². The van der Waals surface area contributed by atoms with Crippen molar-refractivity contribution in [3.63, 3.8) is 0 Å². The second-order valence-electron chi connectivity index (χ2n) is 5.20. The van der Waals surface area contributed by atoms with Crippen molar-refractivity contribution in [1.82, 2.24) is 14.9 Å². The fourth-order valence-corrected chi connectivity index (χ4v) is 2.22. The van der Waals surface area contributed by atoms with Crippen molar-refractivity contribution in [2.75, 3.05) is 19.8 Å². The van der Waals surface area contributed by atoms with E-state index in [1.807, 2.05) is 0 Å². The van der Waals surface area contributed by atoms with Gasteiger partial charge in [0.25, 0.3) is 5.56 Å². The number of rotatable bonds is 7. The van der Waals surface area contributed by atoms with Crippen molar-refractivity contribution in [2.45, 2.75) is 19.1 Å². The van der Waals surface area contributed by atoms with Gasteiger partial charge in [0, 0.05) is 19.5 Å². The lowest BCUT2D eigenvalue weighted by Gasteiger charge is -2.10. The molecule has 0 saturated carbocycles. The topological polar surface area (TPSA) is 93.2 Å². The van der Waals surface area contributed by atoms with Crippen LogP contribution < -0.4 is 16.6 Å². The van der Waals surface area contributed by atoms with Crippen LogP contribution in [0.25, 0.3) is 10.9 Å². The number of carbonyl (C=O) groups excluding carboxylic acids is 1. The van der Waals surface area contributed by atoms with Crippen molar-refractivity contribution in [3.8, 4) is 0 Å². The van der Waals surface area contributed by atoms with Crippen LogP contribution in [0.5, 0.6) is 0 Å². The molecule has 0 fully saturated rings. The summed E-state index contributed by atoms with van der Waals surface area (Å²) in [4.78, 5) is 37.5. The summed E-state index contributed by atoms with van der Waals surface area (Å²) in [6.07, 6.45) is -4.48. The van der Waals surface area contributed by atoms with Crippen LogP contribution in [-0.2, 0) is 16.1 Å². The third-order valence-electron chi connectivity index (χ3n) is 3.30. The van der Waals surface area contributed by atoms with E-state index in [0.29, 0.717) is 10.9 Å². The molecule has 2 aromatic rings. The second-order valence-corrected chi connectivity index (χ2v) is 5.20. The lowest BCUT2D eigenvalue weighted by Crippen LogP contribution is -2.33. The quantitative estimate of drug-likeness (QED) is 0.715. The van der Waals surface area contributed by atoms with Gasteiger partial charge in [0.15, 0.2) is 0 Å². The number of fused-ring (bicyclic) bond motifs is 1.